The van der Waals surface area contributed by atoms with Crippen molar-refractivity contribution in [2.45, 2.75) is 25.9 Å². The first-order valence-corrected chi connectivity index (χ1v) is 4.00. The smallest absolute Gasteiger partial charge is 0.0794 e. The summed E-state index contributed by atoms with van der Waals surface area (Å²) in [4.78, 5) is 0. The molecule has 1 aliphatic rings. The van der Waals surface area contributed by atoms with E-state index in [2.05, 4.69) is 23.5 Å². The number of fused-ring (bicyclic) bond motifs is 1. The molecule has 1 aromatic rings. The van der Waals surface area contributed by atoms with Crippen LogP contribution < -0.4 is 5.32 Å². The van der Waals surface area contributed by atoms with E-state index in [1.165, 1.54) is 11.3 Å². The fourth-order valence-corrected chi connectivity index (χ4v) is 1.58. The van der Waals surface area contributed by atoms with Gasteiger partial charge in [-0.05, 0) is 18.9 Å². The van der Waals surface area contributed by atoms with Gasteiger partial charge in [0.1, 0.15) is 0 Å². The summed E-state index contributed by atoms with van der Waals surface area (Å²) in [5, 5.41) is 7.72. The zero-order valence-electron chi connectivity index (χ0n) is 6.96. The number of rotatable bonds is 0. The molecule has 1 unspecified atom stereocenters. The van der Waals surface area contributed by atoms with E-state index in [0.717, 1.165) is 13.0 Å². The van der Waals surface area contributed by atoms with Crippen molar-refractivity contribution in [1.82, 2.24) is 15.1 Å². The van der Waals surface area contributed by atoms with E-state index in [4.69, 9.17) is 0 Å². The molecule has 2 rings (SSSR count). The summed E-state index contributed by atoms with van der Waals surface area (Å²) in [5.41, 5.74) is 2.62. The Morgan fingerprint density at radius 2 is 2.55 bits per heavy atom. The first-order chi connectivity index (χ1) is 5.25. The van der Waals surface area contributed by atoms with Crippen LogP contribution in [0.5, 0.6) is 0 Å². The Morgan fingerprint density at radius 1 is 1.73 bits per heavy atom. The van der Waals surface area contributed by atoms with E-state index >= 15 is 0 Å². The maximum atomic E-state index is 4.34. The van der Waals surface area contributed by atoms with Gasteiger partial charge in [0.2, 0.25) is 0 Å². The second-order valence-corrected chi connectivity index (χ2v) is 3.26. The van der Waals surface area contributed by atoms with Gasteiger partial charge in [-0.3, -0.25) is 4.68 Å². The van der Waals surface area contributed by atoms with E-state index in [9.17, 15) is 0 Å². The second kappa shape index (κ2) is 2.34. The van der Waals surface area contributed by atoms with Crippen molar-refractivity contribution in [2.75, 3.05) is 0 Å². The zero-order chi connectivity index (χ0) is 7.84. The van der Waals surface area contributed by atoms with Crippen molar-refractivity contribution in [3.8, 4) is 0 Å². The summed E-state index contributed by atoms with van der Waals surface area (Å²) in [6.45, 7) is 3.13. The summed E-state index contributed by atoms with van der Waals surface area (Å²) in [6, 6.07) is 0.603. The lowest BCUT2D eigenvalue weighted by molar-refractivity contribution is 0.507. The van der Waals surface area contributed by atoms with Crippen LogP contribution in [0.3, 0.4) is 0 Å². The van der Waals surface area contributed by atoms with Crippen LogP contribution in [0.15, 0.2) is 6.20 Å². The Kier molecular flexibility index (Phi) is 1.46. The third kappa shape index (κ3) is 1.16. The van der Waals surface area contributed by atoms with Crippen molar-refractivity contribution in [1.29, 1.82) is 0 Å². The largest absolute Gasteiger partial charge is 0.308 e. The molecule has 0 bridgehead atoms. The van der Waals surface area contributed by atoms with Crippen molar-refractivity contribution in [3.63, 3.8) is 0 Å². The second-order valence-electron chi connectivity index (χ2n) is 3.26. The zero-order valence-corrected chi connectivity index (χ0v) is 6.96. The van der Waals surface area contributed by atoms with E-state index in [1.807, 2.05) is 11.7 Å². The Morgan fingerprint density at radius 3 is 3.36 bits per heavy atom. The van der Waals surface area contributed by atoms with Gasteiger partial charge in [0.15, 0.2) is 0 Å². The van der Waals surface area contributed by atoms with Crippen LogP contribution in [0.25, 0.3) is 0 Å². The van der Waals surface area contributed by atoms with Gasteiger partial charge < -0.3 is 5.32 Å². The average Bonchev–Trinajstić information content (AvgIpc) is 2.27. The monoisotopic (exact) mass is 151 g/mol. The number of aromatic nitrogens is 2. The summed E-state index contributed by atoms with van der Waals surface area (Å²) < 4.78 is 1.89. The predicted octanol–water partition coefficient (Wildman–Crippen LogP) is 0.454. The van der Waals surface area contributed by atoms with Crippen LogP contribution in [0.4, 0.5) is 0 Å². The average molecular weight is 151 g/mol. The molecule has 0 aromatic carbocycles. The molecule has 60 valence electrons. The van der Waals surface area contributed by atoms with Crippen molar-refractivity contribution < 1.29 is 0 Å². The van der Waals surface area contributed by atoms with E-state index < -0.39 is 0 Å². The Bertz CT molecular complexity index is 264. The topological polar surface area (TPSA) is 29.9 Å². The van der Waals surface area contributed by atoms with Crippen LogP contribution in [-0.2, 0) is 20.0 Å². The van der Waals surface area contributed by atoms with Crippen LogP contribution >= 0.6 is 0 Å². The molecule has 0 radical (unpaired) electrons. The predicted molar refractivity (Wildman–Crippen MR) is 43.2 cm³/mol. The number of hydrogen-bond acceptors (Lipinski definition) is 2. The molecule has 3 nitrogen and oxygen atoms in total. The van der Waals surface area contributed by atoms with Gasteiger partial charge in [-0.15, -0.1) is 0 Å². The highest BCUT2D eigenvalue weighted by molar-refractivity contribution is 5.20. The van der Waals surface area contributed by atoms with Gasteiger partial charge in [-0.1, -0.05) is 0 Å². The Balaban J connectivity index is 2.34. The van der Waals surface area contributed by atoms with Crippen LogP contribution in [0, 0.1) is 0 Å². The summed E-state index contributed by atoms with van der Waals surface area (Å²) in [7, 11) is 1.98. The molecule has 1 atom stereocenters. The summed E-state index contributed by atoms with van der Waals surface area (Å²) >= 11 is 0. The maximum absolute atomic E-state index is 4.34. The minimum Gasteiger partial charge on any atom is -0.308 e. The molecule has 0 saturated heterocycles. The summed E-state index contributed by atoms with van der Waals surface area (Å²) in [5.74, 6) is 0. The highest BCUT2D eigenvalue weighted by atomic mass is 15.3. The maximum Gasteiger partial charge on any atom is 0.0794 e. The standard InChI is InChI=1S/C8H13N3/c1-6-3-7-5-11(2)10-8(7)4-9-6/h5-6,9H,3-4H2,1-2H3. The SMILES string of the molecule is CC1Cc2cn(C)nc2CN1. The lowest BCUT2D eigenvalue weighted by Crippen LogP contribution is -2.32. The first-order valence-electron chi connectivity index (χ1n) is 4.00. The molecular weight excluding hydrogens is 138 g/mol. The molecule has 1 aliphatic heterocycles. The molecule has 3 heteroatoms. The summed E-state index contributed by atoms with van der Waals surface area (Å²) in [6.07, 6.45) is 3.23. The first kappa shape index (κ1) is 6.85. The van der Waals surface area contributed by atoms with Crippen LogP contribution in [0.1, 0.15) is 18.2 Å². The molecule has 11 heavy (non-hydrogen) atoms. The number of nitrogens with zero attached hydrogens (tertiary/aromatic N) is 2. The van der Waals surface area contributed by atoms with Gasteiger partial charge in [0.25, 0.3) is 0 Å². The Hall–Kier alpha value is -0.830. The highest BCUT2D eigenvalue weighted by Crippen LogP contribution is 2.13. The number of nitrogens with one attached hydrogen (secondary N) is 1. The lowest BCUT2D eigenvalue weighted by atomic mass is 10.0. The molecule has 1 aromatic heterocycles. The fourth-order valence-electron chi connectivity index (χ4n) is 1.58. The highest BCUT2D eigenvalue weighted by Gasteiger charge is 2.16. The minimum absolute atomic E-state index is 0.603. The molecule has 0 saturated carbocycles. The molecule has 0 spiro atoms. The third-order valence-electron chi connectivity index (χ3n) is 2.14. The van der Waals surface area contributed by atoms with Gasteiger partial charge in [-0.25, -0.2) is 0 Å². The number of aryl methyl sites for hydroxylation is 1. The van der Waals surface area contributed by atoms with Gasteiger partial charge in [0.05, 0.1) is 5.69 Å². The van der Waals surface area contributed by atoms with Crippen molar-refractivity contribution >= 4 is 0 Å². The normalized spacial score (nSPS) is 23.3. The molecule has 0 amide bonds. The van der Waals surface area contributed by atoms with E-state index in [1.54, 1.807) is 0 Å². The molecule has 0 fully saturated rings. The van der Waals surface area contributed by atoms with Gasteiger partial charge >= 0.3 is 0 Å². The fraction of sp³-hybridized carbons (Fsp3) is 0.625. The molecule has 0 aliphatic carbocycles. The van der Waals surface area contributed by atoms with Gasteiger partial charge in [0, 0.05) is 25.8 Å². The number of hydrogen-bond donors (Lipinski definition) is 1. The quantitative estimate of drug-likeness (QED) is 0.583. The van der Waals surface area contributed by atoms with Crippen molar-refractivity contribution in [2.24, 2.45) is 7.05 Å². The lowest BCUT2D eigenvalue weighted by Gasteiger charge is -2.18. The van der Waals surface area contributed by atoms with Gasteiger partial charge in [-0.2, -0.15) is 5.10 Å². The Labute approximate surface area is 66.4 Å². The van der Waals surface area contributed by atoms with Crippen LogP contribution in [-0.4, -0.2) is 15.8 Å². The molecule has 1 N–H and O–H groups in total. The van der Waals surface area contributed by atoms with E-state index in [0.29, 0.717) is 6.04 Å². The molecular formula is C8H13N3. The van der Waals surface area contributed by atoms with Crippen molar-refractivity contribution in [3.05, 3.63) is 17.5 Å². The van der Waals surface area contributed by atoms with Crippen LogP contribution in [0.2, 0.25) is 0 Å². The van der Waals surface area contributed by atoms with E-state index in [-0.39, 0.29) is 0 Å². The molecule has 2 heterocycles. The third-order valence-corrected chi connectivity index (χ3v) is 2.14. The minimum atomic E-state index is 0.603.